The van der Waals surface area contributed by atoms with Crippen molar-refractivity contribution in [2.45, 2.75) is 6.54 Å². The molecule has 4 aromatic heterocycles. The second-order valence-electron chi connectivity index (χ2n) is 5.64. The Kier molecular flexibility index (Phi) is 3.39. The number of halogens is 1. The first-order valence-electron chi connectivity index (χ1n) is 7.62. The smallest absolute Gasteiger partial charge is 0.182 e. The van der Waals surface area contributed by atoms with Gasteiger partial charge < -0.3 is 0 Å². The lowest BCUT2D eigenvalue weighted by molar-refractivity contribution is 0.686. The minimum atomic E-state index is 0.703. The van der Waals surface area contributed by atoms with Crippen LogP contribution in [0.2, 0.25) is 0 Å². The van der Waals surface area contributed by atoms with Gasteiger partial charge in [-0.2, -0.15) is 5.10 Å². The van der Waals surface area contributed by atoms with Crippen molar-refractivity contribution in [2.24, 2.45) is 0 Å². The third-order valence-electron chi connectivity index (χ3n) is 3.96. The number of rotatable bonds is 3. The third kappa shape index (κ3) is 2.63. The third-order valence-corrected chi connectivity index (χ3v) is 5.19. The first-order valence-corrected chi connectivity index (χ1v) is 9.29. The molecule has 5 rings (SSSR count). The highest BCUT2D eigenvalue weighted by Gasteiger charge is 2.10. The monoisotopic (exact) mass is 410 g/mol. The van der Waals surface area contributed by atoms with E-state index >= 15 is 0 Å². The average molecular weight is 411 g/mol. The largest absolute Gasteiger partial charge is 0.267 e. The zero-order valence-electron chi connectivity index (χ0n) is 12.9. The molecule has 0 unspecified atom stereocenters. The van der Waals surface area contributed by atoms with Crippen LogP contribution in [0.4, 0.5) is 0 Å². The molecule has 122 valence electrons. The Hall–Kier alpha value is -2.58. The summed E-state index contributed by atoms with van der Waals surface area (Å²) in [6.07, 6.45) is 5.46. The summed E-state index contributed by atoms with van der Waals surface area (Å²) in [5.74, 6) is 0.703. The van der Waals surface area contributed by atoms with Crippen molar-refractivity contribution >= 4 is 43.1 Å². The highest BCUT2D eigenvalue weighted by atomic mass is 79.9. The van der Waals surface area contributed by atoms with Gasteiger partial charge >= 0.3 is 0 Å². The van der Waals surface area contributed by atoms with Gasteiger partial charge in [-0.05, 0) is 32.9 Å². The molecule has 0 saturated heterocycles. The SMILES string of the molecule is Brc1cnn(Cc2ccc(-c3nc4c5ccsc5ncn4n3)cc2)c1. The van der Waals surface area contributed by atoms with Crippen molar-refractivity contribution in [3.8, 4) is 11.4 Å². The molecule has 0 spiro atoms. The van der Waals surface area contributed by atoms with Gasteiger partial charge in [0.05, 0.1) is 22.6 Å². The van der Waals surface area contributed by atoms with E-state index in [4.69, 9.17) is 4.98 Å². The molecule has 0 N–H and O–H groups in total. The maximum atomic E-state index is 4.70. The van der Waals surface area contributed by atoms with E-state index in [-0.39, 0.29) is 0 Å². The van der Waals surface area contributed by atoms with Crippen LogP contribution in [0, 0.1) is 0 Å². The average Bonchev–Trinajstić information content (AvgIpc) is 3.33. The van der Waals surface area contributed by atoms with Gasteiger partial charge in [0.15, 0.2) is 11.5 Å². The summed E-state index contributed by atoms with van der Waals surface area (Å²) in [6, 6.07) is 10.3. The van der Waals surface area contributed by atoms with Crippen molar-refractivity contribution in [3.63, 3.8) is 0 Å². The maximum absolute atomic E-state index is 4.70. The van der Waals surface area contributed by atoms with Crippen LogP contribution in [0.15, 0.2) is 58.9 Å². The summed E-state index contributed by atoms with van der Waals surface area (Å²) in [4.78, 5) is 10.1. The van der Waals surface area contributed by atoms with Gasteiger partial charge in [-0.25, -0.2) is 14.5 Å². The van der Waals surface area contributed by atoms with E-state index in [9.17, 15) is 0 Å². The summed E-state index contributed by atoms with van der Waals surface area (Å²) in [6.45, 7) is 0.726. The Morgan fingerprint density at radius 3 is 2.80 bits per heavy atom. The van der Waals surface area contributed by atoms with Gasteiger partial charge in [0.1, 0.15) is 11.2 Å². The molecule has 0 aliphatic heterocycles. The van der Waals surface area contributed by atoms with Gasteiger partial charge in [0.25, 0.3) is 0 Å². The van der Waals surface area contributed by atoms with E-state index < -0.39 is 0 Å². The molecular weight excluding hydrogens is 400 g/mol. The predicted octanol–water partition coefficient (Wildman–Crippen LogP) is 4.01. The van der Waals surface area contributed by atoms with Crippen LogP contribution >= 0.6 is 27.3 Å². The molecule has 0 aliphatic rings. The summed E-state index contributed by atoms with van der Waals surface area (Å²) < 4.78 is 4.60. The molecule has 0 saturated carbocycles. The van der Waals surface area contributed by atoms with Gasteiger partial charge in [0.2, 0.25) is 0 Å². The molecule has 0 aliphatic carbocycles. The van der Waals surface area contributed by atoms with Gasteiger partial charge in [-0.3, -0.25) is 4.68 Å². The second-order valence-corrected chi connectivity index (χ2v) is 7.45. The Morgan fingerprint density at radius 1 is 1.12 bits per heavy atom. The van der Waals surface area contributed by atoms with Crippen LogP contribution in [0.5, 0.6) is 0 Å². The van der Waals surface area contributed by atoms with Crippen LogP contribution in [-0.4, -0.2) is 29.4 Å². The number of hydrogen-bond donors (Lipinski definition) is 0. The van der Waals surface area contributed by atoms with E-state index in [0.29, 0.717) is 5.82 Å². The van der Waals surface area contributed by atoms with Crippen molar-refractivity contribution in [1.82, 2.24) is 29.4 Å². The fraction of sp³-hybridized carbons (Fsp3) is 0.0588. The Morgan fingerprint density at radius 2 is 2.00 bits per heavy atom. The van der Waals surface area contributed by atoms with Crippen molar-refractivity contribution in [3.05, 3.63) is 64.5 Å². The minimum Gasteiger partial charge on any atom is -0.267 e. The normalized spacial score (nSPS) is 11.6. The summed E-state index contributed by atoms with van der Waals surface area (Å²) >= 11 is 5.02. The minimum absolute atomic E-state index is 0.703. The fourth-order valence-electron chi connectivity index (χ4n) is 2.76. The molecule has 5 aromatic rings. The van der Waals surface area contributed by atoms with E-state index in [1.54, 1.807) is 28.4 Å². The highest BCUT2D eigenvalue weighted by molar-refractivity contribution is 9.10. The summed E-state index contributed by atoms with van der Waals surface area (Å²) in [5, 5.41) is 11.9. The number of fused-ring (bicyclic) bond motifs is 3. The zero-order valence-corrected chi connectivity index (χ0v) is 15.3. The van der Waals surface area contributed by atoms with Crippen molar-refractivity contribution in [1.29, 1.82) is 0 Å². The van der Waals surface area contributed by atoms with E-state index in [2.05, 4.69) is 43.2 Å². The first kappa shape index (κ1) is 14.7. The summed E-state index contributed by atoms with van der Waals surface area (Å²) in [7, 11) is 0. The Labute approximate surface area is 154 Å². The molecule has 25 heavy (non-hydrogen) atoms. The Bertz CT molecular complexity index is 1190. The number of benzene rings is 1. The second kappa shape index (κ2) is 5.75. The molecular formula is C17H11BrN6S. The van der Waals surface area contributed by atoms with Gasteiger partial charge in [0, 0.05) is 11.8 Å². The number of hydrogen-bond acceptors (Lipinski definition) is 5. The molecule has 0 amide bonds. The predicted molar refractivity (Wildman–Crippen MR) is 101 cm³/mol. The van der Waals surface area contributed by atoms with Crippen LogP contribution in [0.3, 0.4) is 0 Å². The lowest BCUT2D eigenvalue weighted by atomic mass is 10.1. The lowest BCUT2D eigenvalue weighted by Gasteiger charge is -2.02. The topological polar surface area (TPSA) is 60.9 Å². The number of thiophene rings is 1. The van der Waals surface area contributed by atoms with Crippen LogP contribution in [0.1, 0.15) is 5.56 Å². The Balaban J connectivity index is 1.49. The van der Waals surface area contributed by atoms with Crippen LogP contribution in [-0.2, 0) is 6.54 Å². The summed E-state index contributed by atoms with van der Waals surface area (Å²) in [5.41, 5.74) is 2.99. The van der Waals surface area contributed by atoms with E-state index in [0.717, 1.165) is 32.4 Å². The van der Waals surface area contributed by atoms with Crippen molar-refractivity contribution in [2.75, 3.05) is 0 Å². The lowest BCUT2D eigenvalue weighted by Crippen LogP contribution is -1.99. The molecule has 0 atom stereocenters. The number of nitrogens with zero attached hydrogens (tertiary/aromatic N) is 6. The molecule has 6 nitrogen and oxygen atoms in total. The van der Waals surface area contributed by atoms with Crippen LogP contribution < -0.4 is 0 Å². The molecule has 1 aromatic carbocycles. The first-order chi connectivity index (χ1) is 12.3. The van der Waals surface area contributed by atoms with Crippen LogP contribution in [0.25, 0.3) is 27.3 Å². The standard InChI is InChI=1S/C17H11BrN6S/c18-13-7-20-23(9-13)8-11-1-3-12(4-2-11)15-21-16-14-5-6-25-17(14)19-10-24(16)22-15/h1-7,9-10H,8H2. The fourth-order valence-corrected chi connectivity index (χ4v) is 3.81. The van der Waals surface area contributed by atoms with E-state index in [1.165, 1.54) is 5.56 Å². The quantitative estimate of drug-likeness (QED) is 0.450. The molecule has 0 bridgehead atoms. The van der Waals surface area contributed by atoms with Gasteiger partial charge in [-0.1, -0.05) is 24.3 Å². The van der Waals surface area contributed by atoms with Gasteiger partial charge in [-0.15, -0.1) is 16.4 Å². The molecule has 0 fully saturated rings. The molecule has 0 radical (unpaired) electrons. The zero-order chi connectivity index (χ0) is 16.8. The maximum Gasteiger partial charge on any atom is 0.182 e. The van der Waals surface area contributed by atoms with Crippen molar-refractivity contribution < 1.29 is 0 Å². The highest BCUT2D eigenvalue weighted by Crippen LogP contribution is 2.24. The molecule has 8 heteroatoms. The molecule has 4 heterocycles. The number of aromatic nitrogens is 6. The van der Waals surface area contributed by atoms with E-state index in [1.807, 2.05) is 34.5 Å².